The number of aliphatic hydroxyl groups is 1. The summed E-state index contributed by atoms with van der Waals surface area (Å²) < 4.78 is 5.17. The second kappa shape index (κ2) is 9.27. The van der Waals surface area contributed by atoms with Gasteiger partial charge in [-0.3, -0.25) is 4.79 Å². The third-order valence-corrected chi connectivity index (χ3v) is 3.44. The molecule has 0 heterocycles. The number of carbonyl (C=O) groups is 2. The molecule has 5 N–H and O–H groups in total. The first-order valence-corrected chi connectivity index (χ1v) is 8.39. The van der Waals surface area contributed by atoms with E-state index in [9.17, 15) is 14.7 Å². The predicted molar refractivity (Wildman–Crippen MR) is 97.0 cm³/mol. The maximum absolute atomic E-state index is 12.4. The Balaban J connectivity index is 2.62. The zero-order valence-electron chi connectivity index (χ0n) is 15.3. The van der Waals surface area contributed by atoms with Gasteiger partial charge in [-0.15, -0.1) is 0 Å². The third-order valence-electron chi connectivity index (χ3n) is 3.44. The van der Waals surface area contributed by atoms with Crippen LogP contribution in [0.2, 0.25) is 0 Å². The monoisotopic (exact) mass is 351 g/mol. The molecule has 2 atom stereocenters. The Morgan fingerprint density at radius 3 is 2.28 bits per heavy atom. The number of benzene rings is 1. The maximum atomic E-state index is 12.4. The standard InChI is InChI=1S/C18H29N3O4/c1-5-15(21-17(24)25-18(2,3)4)16(23)20-14(11-22)10-12-6-8-13(19)9-7-12/h6-9,14-15,22H,5,10-11,19H2,1-4H3,(H,20,23)(H,21,24)/t14-,15-/m0/s1. The second-order valence-electron chi connectivity index (χ2n) is 6.94. The van der Waals surface area contributed by atoms with Gasteiger partial charge in [-0.25, -0.2) is 4.79 Å². The summed E-state index contributed by atoms with van der Waals surface area (Å²) in [4.78, 5) is 24.2. The first kappa shape index (κ1) is 20.8. The molecule has 7 heteroatoms. The maximum Gasteiger partial charge on any atom is 0.408 e. The molecule has 0 aromatic heterocycles. The Hall–Kier alpha value is -2.28. The van der Waals surface area contributed by atoms with Crippen molar-refractivity contribution in [1.29, 1.82) is 0 Å². The molecule has 25 heavy (non-hydrogen) atoms. The van der Waals surface area contributed by atoms with Crippen LogP contribution >= 0.6 is 0 Å². The summed E-state index contributed by atoms with van der Waals surface area (Å²) in [5, 5.41) is 14.8. The van der Waals surface area contributed by atoms with Gasteiger partial charge < -0.3 is 26.2 Å². The molecular formula is C18H29N3O4. The highest BCUT2D eigenvalue weighted by atomic mass is 16.6. The Morgan fingerprint density at radius 1 is 1.20 bits per heavy atom. The lowest BCUT2D eigenvalue weighted by atomic mass is 10.1. The molecule has 7 nitrogen and oxygen atoms in total. The number of rotatable bonds is 7. The molecule has 1 aromatic rings. The van der Waals surface area contributed by atoms with E-state index in [1.807, 2.05) is 12.1 Å². The van der Waals surface area contributed by atoms with Gasteiger partial charge in [0.15, 0.2) is 0 Å². The highest BCUT2D eigenvalue weighted by molar-refractivity contribution is 5.85. The number of amides is 2. The first-order chi connectivity index (χ1) is 11.6. The topological polar surface area (TPSA) is 114 Å². The van der Waals surface area contributed by atoms with Crippen LogP contribution in [0.1, 0.15) is 39.7 Å². The average molecular weight is 351 g/mol. The van der Waals surface area contributed by atoms with E-state index in [4.69, 9.17) is 10.5 Å². The van der Waals surface area contributed by atoms with Crippen molar-refractivity contribution in [2.75, 3.05) is 12.3 Å². The van der Waals surface area contributed by atoms with Crippen LogP contribution in [0.25, 0.3) is 0 Å². The minimum atomic E-state index is -0.727. The van der Waals surface area contributed by atoms with Crippen LogP contribution in [0.15, 0.2) is 24.3 Å². The minimum Gasteiger partial charge on any atom is -0.444 e. The van der Waals surface area contributed by atoms with Crippen LogP contribution < -0.4 is 16.4 Å². The molecule has 0 radical (unpaired) electrons. The number of aliphatic hydroxyl groups excluding tert-OH is 1. The molecule has 0 saturated heterocycles. The summed E-state index contributed by atoms with van der Waals surface area (Å²) in [6, 6.07) is 6.05. The van der Waals surface area contributed by atoms with Crippen molar-refractivity contribution in [2.45, 2.75) is 58.2 Å². The summed E-state index contributed by atoms with van der Waals surface area (Å²) >= 11 is 0. The molecule has 1 aromatic carbocycles. The largest absolute Gasteiger partial charge is 0.444 e. The van der Waals surface area contributed by atoms with E-state index in [1.165, 1.54) is 0 Å². The van der Waals surface area contributed by atoms with Gasteiger partial charge in [0.2, 0.25) is 5.91 Å². The van der Waals surface area contributed by atoms with Crippen molar-refractivity contribution in [3.8, 4) is 0 Å². The van der Waals surface area contributed by atoms with Crippen LogP contribution in [0.5, 0.6) is 0 Å². The zero-order valence-corrected chi connectivity index (χ0v) is 15.3. The van der Waals surface area contributed by atoms with E-state index >= 15 is 0 Å². The van der Waals surface area contributed by atoms with Crippen LogP contribution in [-0.4, -0.2) is 41.4 Å². The van der Waals surface area contributed by atoms with Gasteiger partial charge in [0.1, 0.15) is 11.6 Å². The molecule has 0 aliphatic heterocycles. The van der Waals surface area contributed by atoms with Crippen molar-refractivity contribution in [2.24, 2.45) is 0 Å². The van der Waals surface area contributed by atoms with E-state index in [0.717, 1.165) is 5.56 Å². The van der Waals surface area contributed by atoms with E-state index in [0.29, 0.717) is 18.5 Å². The van der Waals surface area contributed by atoms with Crippen LogP contribution in [-0.2, 0) is 16.0 Å². The fourth-order valence-electron chi connectivity index (χ4n) is 2.20. The summed E-state index contributed by atoms with van der Waals surface area (Å²) in [6.45, 7) is 6.83. The SMILES string of the molecule is CC[C@H](NC(=O)OC(C)(C)C)C(=O)N[C@H](CO)Cc1ccc(N)cc1. The zero-order chi connectivity index (χ0) is 19.0. The van der Waals surface area contributed by atoms with Crippen LogP contribution in [0, 0.1) is 0 Å². The van der Waals surface area contributed by atoms with E-state index < -0.39 is 23.8 Å². The van der Waals surface area contributed by atoms with Gasteiger partial charge in [-0.2, -0.15) is 0 Å². The predicted octanol–water partition coefficient (Wildman–Crippen LogP) is 1.59. The van der Waals surface area contributed by atoms with Gasteiger partial charge in [0.05, 0.1) is 12.6 Å². The summed E-state index contributed by atoms with van der Waals surface area (Å²) in [5.74, 6) is -0.358. The number of carbonyl (C=O) groups excluding carboxylic acids is 2. The average Bonchev–Trinajstić information content (AvgIpc) is 2.52. The van der Waals surface area contributed by atoms with Crippen molar-refractivity contribution < 1.29 is 19.4 Å². The molecule has 140 valence electrons. The first-order valence-electron chi connectivity index (χ1n) is 8.39. The number of anilines is 1. The summed E-state index contributed by atoms with van der Waals surface area (Å²) in [7, 11) is 0. The molecule has 0 saturated carbocycles. The number of ether oxygens (including phenoxy) is 1. The van der Waals surface area contributed by atoms with E-state index in [1.54, 1.807) is 39.8 Å². The van der Waals surface area contributed by atoms with Crippen molar-refractivity contribution >= 4 is 17.7 Å². The number of alkyl carbamates (subject to hydrolysis) is 1. The highest BCUT2D eigenvalue weighted by Crippen LogP contribution is 2.09. The normalized spacial score (nSPS) is 13.6. The number of nitrogens with one attached hydrogen (secondary N) is 2. The second-order valence-corrected chi connectivity index (χ2v) is 6.94. The minimum absolute atomic E-state index is 0.209. The molecule has 0 unspecified atom stereocenters. The van der Waals surface area contributed by atoms with Crippen LogP contribution in [0.4, 0.5) is 10.5 Å². The van der Waals surface area contributed by atoms with Crippen molar-refractivity contribution in [3.63, 3.8) is 0 Å². The highest BCUT2D eigenvalue weighted by Gasteiger charge is 2.24. The third kappa shape index (κ3) is 7.89. The van der Waals surface area contributed by atoms with Gasteiger partial charge in [-0.05, 0) is 51.3 Å². The molecule has 1 rings (SSSR count). The number of hydrogen-bond donors (Lipinski definition) is 4. The van der Waals surface area contributed by atoms with Crippen molar-refractivity contribution in [3.05, 3.63) is 29.8 Å². The van der Waals surface area contributed by atoms with Gasteiger partial charge in [-0.1, -0.05) is 19.1 Å². The number of hydrogen-bond acceptors (Lipinski definition) is 5. The lowest BCUT2D eigenvalue weighted by Gasteiger charge is -2.24. The Morgan fingerprint density at radius 2 is 1.80 bits per heavy atom. The fraction of sp³-hybridized carbons (Fsp3) is 0.556. The Bertz CT molecular complexity index is 567. The van der Waals surface area contributed by atoms with Crippen LogP contribution in [0.3, 0.4) is 0 Å². The summed E-state index contributed by atoms with van der Waals surface area (Å²) in [5.41, 5.74) is 6.61. The molecule has 0 bridgehead atoms. The lowest BCUT2D eigenvalue weighted by molar-refractivity contribution is -0.124. The Labute approximate surface area is 148 Å². The van der Waals surface area contributed by atoms with E-state index in [-0.39, 0.29) is 12.5 Å². The van der Waals surface area contributed by atoms with Crippen molar-refractivity contribution in [1.82, 2.24) is 10.6 Å². The molecule has 2 amide bonds. The lowest BCUT2D eigenvalue weighted by Crippen LogP contribution is -2.51. The van der Waals surface area contributed by atoms with Gasteiger partial charge >= 0.3 is 6.09 Å². The molecule has 0 aliphatic carbocycles. The van der Waals surface area contributed by atoms with Gasteiger partial charge in [0.25, 0.3) is 0 Å². The number of nitrogen functional groups attached to an aromatic ring is 1. The molecule has 0 aliphatic rings. The number of nitrogens with two attached hydrogens (primary N) is 1. The smallest absolute Gasteiger partial charge is 0.408 e. The van der Waals surface area contributed by atoms with E-state index in [2.05, 4.69) is 10.6 Å². The molecular weight excluding hydrogens is 322 g/mol. The molecule has 0 fully saturated rings. The quantitative estimate of drug-likeness (QED) is 0.557. The fourth-order valence-corrected chi connectivity index (χ4v) is 2.20. The molecule has 0 spiro atoms. The summed E-state index contributed by atoms with van der Waals surface area (Å²) in [6.07, 6.45) is 0.227. The Kier molecular flexibility index (Phi) is 7.70. The van der Waals surface area contributed by atoms with Gasteiger partial charge in [0, 0.05) is 5.69 Å².